The summed E-state index contributed by atoms with van der Waals surface area (Å²) >= 11 is 0. The van der Waals surface area contributed by atoms with E-state index in [2.05, 4.69) is 63.8 Å². The van der Waals surface area contributed by atoms with Gasteiger partial charge >= 0.3 is 0 Å². The highest BCUT2D eigenvalue weighted by molar-refractivity contribution is 5.39. The van der Waals surface area contributed by atoms with Gasteiger partial charge in [-0.25, -0.2) is 14.7 Å². The first-order valence-corrected chi connectivity index (χ1v) is 6.53. The van der Waals surface area contributed by atoms with Crippen molar-refractivity contribution in [2.24, 2.45) is 0 Å². The minimum absolute atomic E-state index is 0.0106. The molecule has 2 bridgehead atoms. The second-order valence-corrected chi connectivity index (χ2v) is 6.78. The Hall–Kier alpha value is -0.900. The lowest BCUT2D eigenvalue weighted by Gasteiger charge is -2.47. The summed E-state index contributed by atoms with van der Waals surface area (Å²) in [6, 6.07) is 8.49. The predicted molar refractivity (Wildman–Crippen MR) is 69.8 cm³/mol. The fourth-order valence-electron chi connectivity index (χ4n) is 3.13. The van der Waals surface area contributed by atoms with Crippen LogP contribution in [-0.2, 0) is 15.2 Å². The monoisotopic (exact) mass is 247 g/mol. The molecular formula is C15H21NO2. The Morgan fingerprint density at radius 1 is 1.11 bits per heavy atom. The van der Waals surface area contributed by atoms with Crippen LogP contribution in [0.15, 0.2) is 24.3 Å². The third-order valence-corrected chi connectivity index (χ3v) is 4.06. The van der Waals surface area contributed by atoms with E-state index in [1.807, 2.05) is 0 Å². The van der Waals surface area contributed by atoms with Gasteiger partial charge in [0.25, 0.3) is 0 Å². The van der Waals surface area contributed by atoms with Crippen LogP contribution in [0.3, 0.4) is 0 Å². The van der Waals surface area contributed by atoms with E-state index in [-0.39, 0.29) is 23.4 Å². The second kappa shape index (κ2) is 3.56. The maximum atomic E-state index is 5.64. The van der Waals surface area contributed by atoms with Gasteiger partial charge in [-0.3, -0.25) is 0 Å². The molecule has 2 unspecified atom stereocenters. The maximum Gasteiger partial charge on any atom is 0.174 e. The summed E-state index contributed by atoms with van der Waals surface area (Å²) in [6.07, 6.45) is -0.114. The third-order valence-electron chi connectivity index (χ3n) is 4.06. The molecule has 2 atom stereocenters. The zero-order valence-corrected chi connectivity index (χ0v) is 11.7. The number of rotatable bonds is 0. The normalized spacial score (nSPS) is 30.3. The van der Waals surface area contributed by atoms with Crippen LogP contribution >= 0.6 is 0 Å². The first-order chi connectivity index (χ1) is 8.33. The van der Waals surface area contributed by atoms with E-state index >= 15 is 0 Å². The molecule has 1 aromatic rings. The largest absolute Gasteiger partial charge is 0.237 e. The Balaban J connectivity index is 2.19. The van der Waals surface area contributed by atoms with Crippen molar-refractivity contribution >= 4 is 0 Å². The number of fused-ring (bicyclic) bond motifs is 4. The minimum Gasteiger partial charge on any atom is -0.237 e. The molecule has 2 heterocycles. The molecule has 2 aliphatic rings. The Morgan fingerprint density at radius 3 is 2.44 bits per heavy atom. The summed E-state index contributed by atoms with van der Waals surface area (Å²) in [5, 5.41) is 0. The highest BCUT2D eigenvalue weighted by Gasteiger charge is 2.55. The molecule has 1 saturated heterocycles. The maximum absolute atomic E-state index is 5.64. The molecule has 18 heavy (non-hydrogen) atoms. The molecule has 98 valence electrons. The van der Waals surface area contributed by atoms with Gasteiger partial charge in [-0.15, -0.1) is 0 Å². The summed E-state index contributed by atoms with van der Waals surface area (Å²) < 4.78 is 0. The standard InChI is InChI=1S/C15H21NO2/c1-14(2,3)16-12-10-8-6-7-9-11(10)15(4,5)13(16)18-17-12/h6-9,12-13H,1-5H3. The second-order valence-electron chi connectivity index (χ2n) is 6.78. The van der Waals surface area contributed by atoms with Crippen LogP contribution in [0.1, 0.15) is 52.0 Å². The SMILES string of the molecule is CC1(C)c2ccccc2C2OOC1N2C(C)(C)C. The quantitative estimate of drug-likeness (QED) is 0.656. The first kappa shape index (κ1) is 12.2. The summed E-state index contributed by atoms with van der Waals surface area (Å²) in [6.45, 7) is 11.1. The van der Waals surface area contributed by atoms with Gasteiger partial charge in [0.15, 0.2) is 12.5 Å². The van der Waals surface area contributed by atoms with Crippen molar-refractivity contribution < 1.29 is 9.78 Å². The molecular weight excluding hydrogens is 226 g/mol. The Bertz CT molecular complexity index is 476. The molecule has 3 heteroatoms. The Labute approximate surface area is 109 Å². The average molecular weight is 247 g/mol. The van der Waals surface area contributed by atoms with Crippen LogP contribution < -0.4 is 0 Å². The Kier molecular flexibility index (Phi) is 2.40. The van der Waals surface area contributed by atoms with E-state index in [1.54, 1.807) is 0 Å². The lowest BCUT2D eigenvalue weighted by atomic mass is 9.75. The van der Waals surface area contributed by atoms with E-state index in [1.165, 1.54) is 11.1 Å². The summed E-state index contributed by atoms with van der Waals surface area (Å²) in [4.78, 5) is 13.6. The minimum atomic E-state index is -0.0841. The third kappa shape index (κ3) is 1.48. The fourth-order valence-corrected chi connectivity index (χ4v) is 3.13. The molecule has 3 nitrogen and oxygen atoms in total. The van der Waals surface area contributed by atoms with Gasteiger partial charge in [-0.05, 0) is 26.3 Å². The number of nitrogens with zero attached hydrogens (tertiary/aromatic N) is 1. The van der Waals surface area contributed by atoms with Gasteiger partial charge in [0.2, 0.25) is 0 Å². The van der Waals surface area contributed by atoms with Crippen LogP contribution in [0.4, 0.5) is 0 Å². The lowest BCUT2D eigenvalue weighted by molar-refractivity contribution is -0.302. The molecule has 0 radical (unpaired) electrons. The summed E-state index contributed by atoms with van der Waals surface area (Å²) in [7, 11) is 0. The average Bonchev–Trinajstić information content (AvgIpc) is 2.69. The molecule has 0 N–H and O–H groups in total. The number of hydrogen-bond acceptors (Lipinski definition) is 3. The van der Waals surface area contributed by atoms with Gasteiger partial charge in [0.05, 0.1) is 0 Å². The molecule has 0 aliphatic carbocycles. The van der Waals surface area contributed by atoms with Gasteiger partial charge in [0, 0.05) is 16.5 Å². The van der Waals surface area contributed by atoms with Gasteiger partial charge in [-0.2, -0.15) is 0 Å². The van der Waals surface area contributed by atoms with Crippen LogP contribution in [0, 0.1) is 0 Å². The molecule has 1 aromatic carbocycles. The summed E-state index contributed by atoms with van der Waals surface area (Å²) in [5.41, 5.74) is 2.50. The predicted octanol–water partition coefficient (Wildman–Crippen LogP) is 3.36. The van der Waals surface area contributed by atoms with Crippen LogP contribution in [0.2, 0.25) is 0 Å². The summed E-state index contributed by atoms with van der Waals surface area (Å²) in [5.74, 6) is 0. The molecule has 0 saturated carbocycles. The number of benzene rings is 1. The van der Waals surface area contributed by atoms with E-state index in [9.17, 15) is 0 Å². The van der Waals surface area contributed by atoms with E-state index in [4.69, 9.17) is 9.78 Å². The van der Waals surface area contributed by atoms with E-state index in [0.29, 0.717) is 0 Å². The van der Waals surface area contributed by atoms with Crippen molar-refractivity contribution in [1.29, 1.82) is 0 Å². The smallest absolute Gasteiger partial charge is 0.174 e. The van der Waals surface area contributed by atoms with Crippen molar-refractivity contribution in [1.82, 2.24) is 4.90 Å². The van der Waals surface area contributed by atoms with Crippen LogP contribution in [-0.4, -0.2) is 16.7 Å². The Morgan fingerprint density at radius 2 is 1.78 bits per heavy atom. The molecule has 0 amide bonds. The molecule has 2 aliphatic heterocycles. The van der Waals surface area contributed by atoms with E-state index in [0.717, 1.165) is 0 Å². The molecule has 3 rings (SSSR count). The van der Waals surface area contributed by atoms with Crippen molar-refractivity contribution in [2.75, 3.05) is 0 Å². The van der Waals surface area contributed by atoms with Crippen molar-refractivity contribution in [3.8, 4) is 0 Å². The number of hydrogen-bond donors (Lipinski definition) is 0. The van der Waals surface area contributed by atoms with Crippen LogP contribution in [0.5, 0.6) is 0 Å². The lowest BCUT2D eigenvalue weighted by Crippen LogP contribution is -2.56. The first-order valence-electron chi connectivity index (χ1n) is 6.53. The van der Waals surface area contributed by atoms with Crippen LogP contribution in [0.25, 0.3) is 0 Å². The fraction of sp³-hybridized carbons (Fsp3) is 0.600. The van der Waals surface area contributed by atoms with Gasteiger partial charge < -0.3 is 0 Å². The molecule has 0 spiro atoms. The highest BCUT2D eigenvalue weighted by Crippen LogP contribution is 2.51. The van der Waals surface area contributed by atoms with Crippen molar-refractivity contribution in [2.45, 2.75) is 58.0 Å². The van der Waals surface area contributed by atoms with Crippen molar-refractivity contribution in [3.05, 3.63) is 35.4 Å². The molecule has 1 fully saturated rings. The zero-order chi connectivity index (χ0) is 13.1. The molecule has 0 aromatic heterocycles. The highest BCUT2D eigenvalue weighted by atomic mass is 17.2. The van der Waals surface area contributed by atoms with Crippen molar-refractivity contribution in [3.63, 3.8) is 0 Å². The van der Waals surface area contributed by atoms with Gasteiger partial charge in [0.1, 0.15) is 0 Å². The topological polar surface area (TPSA) is 21.7 Å². The van der Waals surface area contributed by atoms with E-state index < -0.39 is 0 Å². The van der Waals surface area contributed by atoms with Gasteiger partial charge in [-0.1, -0.05) is 38.1 Å². The zero-order valence-electron chi connectivity index (χ0n) is 11.7.